The maximum absolute atomic E-state index is 10.1. The lowest BCUT2D eigenvalue weighted by atomic mass is 10.1. The van der Waals surface area contributed by atoms with Gasteiger partial charge in [0, 0.05) is 6.04 Å². The number of aldehydes is 1. The largest absolute Gasteiger partial charge is 0.312 e. The molecule has 1 aliphatic heterocycles. The zero-order valence-electron chi connectivity index (χ0n) is 4.43. The quantitative estimate of drug-likeness (QED) is 0.417. The normalized spacial score (nSPS) is 30.9. The van der Waals surface area contributed by atoms with E-state index in [1.807, 2.05) is 0 Å². The highest BCUT2D eigenvalue weighted by atomic mass is 127. The zero-order chi connectivity index (χ0) is 5.98. The van der Waals surface area contributed by atoms with Crippen LogP contribution in [0.4, 0.5) is 0 Å². The van der Waals surface area contributed by atoms with Crippen molar-refractivity contribution in [2.45, 2.75) is 16.4 Å². The van der Waals surface area contributed by atoms with Gasteiger partial charge in [0.25, 0.3) is 0 Å². The summed E-state index contributed by atoms with van der Waals surface area (Å²) >= 11 is 2.15. The van der Waals surface area contributed by atoms with E-state index in [0.717, 1.165) is 19.3 Å². The van der Waals surface area contributed by atoms with Crippen molar-refractivity contribution < 1.29 is 4.79 Å². The van der Waals surface area contributed by atoms with Crippen molar-refractivity contribution >= 4 is 28.9 Å². The van der Waals surface area contributed by atoms with Gasteiger partial charge in [0.05, 0.1) is 3.92 Å². The molecule has 2 atom stereocenters. The molecule has 3 heteroatoms. The molecule has 8 heavy (non-hydrogen) atoms. The molecular formula is C5H8INO. The summed E-state index contributed by atoms with van der Waals surface area (Å²) < 4.78 is 0.182. The first-order chi connectivity index (χ1) is 3.84. The van der Waals surface area contributed by atoms with E-state index in [1.165, 1.54) is 0 Å². The van der Waals surface area contributed by atoms with Crippen molar-refractivity contribution in [3.05, 3.63) is 0 Å². The Morgan fingerprint density at radius 1 is 1.88 bits per heavy atom. The lowest BCUT2D eigenvalue weighted by Gasteiger charge is -2.28. The summed E-state index contributed by atoms with van der Waals surface area (Å²) in [5.74, 6) is 0. The van der Waals surface area contributed by atoms with Gasteiger partial charge in [-0.05, 0) is 13.0 Å². The summed E-state index contributed by atoms with van der Waals surface area (Å²) in [5.41, 5.74) is 0. The van der Waals surface area contributed by atoms with Gasteiger partial charge in [0.2, 0.25) is 0 Å². The van der Waals surface area contributed by atoms with Crippen LogP contribution < -0.4 is 5.32 Å². The lowest BCUT2D eigenvalue weighted by molar-refractivity contribution is -0.107. The molecule has 1 aliphatic rings. The van der Waals surface area contributed by atoms with Gasteiger partial charge in [-0.2, -0.15) is 0 Å². The molecule has 1 N–H and O–H groups in total. The van der Waals surface area contributed by atoms with Crippen LogP contribution in [-0.2, 0) is 4.79 Å². The lowest BCUT2D eigenvalue weighted by Crippen LogP contribution is -2.49. The average Bonchev–Trinajstić information content (AvgIpc) is 1.62. The predicted molar refractivity (Wildman–Crippen MR) is 40.3 cm³/mol. The molecule has 0 aliphatic carbocycles. The monoisotopic (exact) mass is 225 g/mol. The maximum Gasteiger partial charge on any atom is 0.134 e. The molecule has 0 aromatic rings. The summed E-state index contributed by atoms with van der Waals surface area (Å²) in [6.07, 6.45) is 2.16. The summed E-state index contributed by atoms with van der Waals surface area (Å²) in [7, 11) is 0. The van der Waals surface area contributed by atoms with E-state index in [-0.39, 0.29) is 3.92 Å². The second-order valence-electron chi connectivity index (χ2n) is 1.93. The number of hydrogen-bond donors (Lipinski definition) is 1. The van der Waals surface area contributed by atoms with Crippen LogP contribution in [0.2, 0.25) is 0 Å². The Labute approximate surface area is 62.2 Å². The van der Waals surface area contributed by atoms with Gasteiger partial charge in [-0.3, -0.25) is 0 Å². The predicted octanol–water partition coefficient (Wildman–Crippen LogP) is 0.351. The Morgan fingerprint density at radius 3 is 2.62 bits per heavy atom. The van der Waals surface area contributed by atoms with Gasteiger partial charge in [0.1, 0.15) is 6.29 Å². The maximum atomic E-state index is 10.1. The SMILES string of the molecule is O=CC(I)C1CCN1. The van der Waals surface area contributed by atoms with Gasteiger partial charge < -0.3 is 10.1 Å². The van der Waals surface area contributed by atoms with Crippen LogP contribution in [0.1, 0.15) is 6.42 Å². The molecule has 1 heterocycles. The van der Waals surface area contributed by atoms with Crippen LogP contribution in [0, 0.1) is 0 Å². The smallest absolute Gasteiger partial charge is 0.134 e. The van der Waals surface area contributed by atoms with Crippen molar-refractivity contribution in [1.29, 1.82) is 0 Å². The third-order valence-corrected chi connectivity index (χ3v) is 2.54. The van der Waals surface area contributed by atoms with Crippen LogP contribution in [0.5, 0.6) is 0 Å². The van der Waals surface area contributed by atoms with Gasteiger partial charge in [-0.1, -0.05) is 22.6 Å². The first-order valence-corrected chi connectivity index (χ1v) is 3.92. The Bertz CT molecular complexity index is 92.4. The topological polar surface area (TPSA) is 29.1 Å². The molecule has 0 aromatic carbocycles. The molecule has 2 nitrogen and oxygen atoms in total. The van der Waals surface area contributed by atoms with Crippen molar-refractivity contribution in [2.24, 2.45) is 0 Å². The third-order valence-electron chi connectivity index (χ3n) is 1.38. The molecular weight excluding hydrogens is 217 g/mol. The fourth-order valence-electron chi connectivity index (χ4n) is 0.678. The number of halogens is 1. The molecule has 0 radical (unpaired) electrons. The molecule has 46 valence electrons. The minimum atomic E-state index is 0.182. The minimum Gasteiger partial charge on any atom is -0.312 e. The highest BCUT2D eigenvalue weighted by Crippen LogP contribution is 2.12. The summed E-state index contributed by atoms with van der Waals surface area (Å²) in [6, 6.07) is 0.466. The van der Waals surface area contributed by atoms with E-state index in [1.54, 1.807) is 0 Å². The van der Waals surface area contributed by atoms with Crippen LogP contribution in [-0.4, -0.2) is 22.8 Å². The summed E-state index contributed by atoms with van der Waals surface area (Å²) in [5, 5.41) is 3.16. The number of carbonyl (C=O) groups excluding carboxylic acids is 1. The number of rotatable bonds is 2. The van der Waals surface area contributed by atoms with Crippen molar-refractivity contribution in [3.8, 4) is 0 Å². The van der Waals surface area contributed by atoms with Crippen LogP contribution in [0.15, 0.2) is 0 Å². The zero-order valence-corrected chi connectivity index (χ0v) is 6.59. The average molecular weight is 225 g/mol. The van der Waals surface area contributed by atoms with E-state index < -0.39 is 0 Å². The van der Waals surface area contributed by atoms with E-state index in [4.69, 9.17) is 0 Å². The van der Waals surface area contributed by atoms with E-state index in [2.05, 4.69) is 27.9 Å². The van der Waals surface area contributed by atoms with E-state index in [9.17, 15) is 4.79 Å². The number of carbonyl (C=O) groups is 1. The standard InChI is InChI=1S/C5H8INO/c6-4(3-8)5-1-2-7-5/h3-5,7H,1-2H2. The molecule has 0 bridgehead atoms. The van der Waals surface area contributed by atoms with Crippen molar-refractivity contribution in [1.82, 2.24) is 5.32 Å². The molecule has 1 rings (SSSR count). The molecule has 0 aromatic heterocycles. The van der Waals surface area contributed by atoms with Gasteiger partial charge in [-0.15, -0.1) is 0 Å². The number of nitrogens with one attached hydrogen (secondary N) is 1. The Kier molecular flexibility index (Phi) is 2.25. The van der Waals surface area contributed by atoms with Gasteiger partial charge in [0.15, 0.2) is 0 Å². The molecule has 1 fully saturated rings. The molecule has 0 amide bonds. The second kappa shape index (κ2) is 2.77. The van der Waals surface area contributed by atoms with Gasteiger partial charge in [-0.25, -0.2) is 0 Å². The fraction of sp³-hybridized carbons (Fsp3) is 0.800. The number of alkyl halides is 1. The first-order valence-electron chi connectivity index (χ1n) is 2.67. The van der Waals surface area contributed by atoms with Crippen molar-refractivity contribution in [3.63, 3.8) is 0 Å². The first kappa shape index (κ1) is 6.48. The minimum absolute atomic E-state index is 0.182. The second-order valence-corrected chi connectivity index (χ2v) is 3.37. The molecule has 0 saturated carbocycles. The van der Waals surface area contributed by atoms with Crippen LogP contribution in [0.25, 0.3) is 0 Å². The number of hydrogen-bond acceptors (Lipinski definition) is 2. The fourth-order valence-corrected chi connectivity index (χ4v) is 1.29. The third kappa shape index (κ3) is 1.20. The summed E-state index contributed by atoms with van der Waals surface area (Å²) in [6.45, 7) is 1.08. The Hall–Kier alpha value is 0.360. The highest BCUT2D eigenvalue weighted by Gasteiger charge is 2.23. The van der Waals surface area contributed by atoms with Crippen molar-refractivity contribution in [2.75, 3.05) is 6.54 Å². The Morgan fingerprint density at radius 2 is 2.50 bits per heavy atom. The van der Waals surface area contributed by atoms with E-state index in [0.29, 0.717) is 6.04 Å². The molecule has 2 unspecified atom stereocenters. The van der Waals surface area contributed by atoms with Gasteiger partial charge >= 0.3 is 0 Å². The van der Waals surface area contributed by atoms with Crippen LogP contribution in [0.3, 0.4) is 0 Å². The molecule has 0 spiro atoms. The Balaban J connectivity index is 2.22. The van der Waals surface area contributed by atoms with Crippen LogP contribution >= 0.6 is 22.6 Å². The highest BCUT2D eigenvalue weighted by molar-refractivity contribution is 14.1. The molecule has 1 saturated heterocycles. The van der Waals surface area contributed by atoms with E-state index >= 15 is 0 Å². The summed E-state index contributed by atoms with van der Waals surface area (Å²) in [4.78, 5) is 10.1.